The highest BCUT2D eigenvalue weighted by molar-refractivity contribution is 5.54. The summed E-state index contributed by atoms with van der Waals surface area (Å²) >= 11 is 0. The van der Waals surface area contributed by atoms with E-state index in [9.17, 15) is 5.11 Å². The molecule has 122 valence electrons. The molecule has 2 saturated carbocycles. The number of hydrogen-bond donors (Lipinski definition) is 1. The van der Waals surface area contributed by atoms with Crippen molar-refractivity contribution in [2.75, 3.05) is 14.2 Å². The molecule has 3 atom stereocenters. The molecule has 2 bridgehead atoms. The van der Waals surface area contributed by atoms with E-state index >= 15 is 0 Å². The first kappa shape index (κ1) is 15.7. The van der Waals surface area contributed by atoms with Crippen molar-refractivity contribution in [1.29, 1.82) is 0 Å². The number of benzene rings is 1. The summed E-state index contributed by atoms with van der Waals surface area (Å²) in [4.78, 5) is 0. The Balaban J connectivity index is 2.30. The second-order valence-electron chi connectivity index (χ2n) is 7.98. The predicted molar refractivity (Wildman–Crippen MR) is 87.4 cm³/mol. The van der Waals surface area contributed by atoms with Gasteiger partial charge in [-0.15, -0.1) is 0 Å². The van der Waals surface area contributed by atoms with Crippen molar-refractivity contribution < 1.29 is 14.6 Å². The second kappa shape index (κ2) is 4.64. The highest BCUT2D eigenvalue weighted by atomic mass is 16.5. The summed E-state index contributed by atoms with van der Waals surface area (Å²) in [5.41, 5.74) is 0.644. The minimum absolute atomic E-state index is 0.128. The number of hydrogen-bond acceptors (Lipinski definition) is 3. The van der Waals surface area contributed by atoms with Crippen LogP contribution in [0.4, 0.5) is 0 Å². The Labute approximate surface area is 133 Å². The number of ether oxygens (including phenoxy) is 2. The molecule has 22 heavy (non-hydrogen) atoms. The standard InChI is InChI=1S/C19H28O3/c1-12-9-14(21-5)16(15(10-12)22-6)19(20)17(2,3)13-7-8-18(19,4)11-13/h9-10,13,20H,7-8,11H2,1-6H3. The molecular weight excluding hydrogens is 276 g/mol. The fourth-order valence-corrected chi connectivity index (χ4v) is 5.28. The highest BCUT2D eigenvalue weighted by Gasteiger charge is 2.70. The van der Waals surface area contributed by atoms with Gasteiger partial charge >= 0.3 is 0 Å². The quantitative estimate of drug-likeness (QED) is 0.915. The van der Waals surface area contributed by atoms with E-state index in [1.165, 1.54) is 6.42 Å². The van der Waals surface area contributed by atoms with Crippen molar-refractivity contribution in [2.24, 2.45) is 16.7 Å². The van der Waals surface area contributed by atoms with E-state index in [1.807, 2.05) is 19.1 Å². The van der Waals surface area contributed by atoms with Gasteiger partial charge in [-0.3, -0.25) is 0 Å². The normalized spacial score (nSPS) is 35.7. The van der Waals surface area contributed by atoms with Gasteiger partial charge in [0.25, 0.3) is 0 Å². The SMILES string of the molecule is COc1cc(C)cc(OC)c1C1(O)C2(C)CCC(C2)C1(C)C. The topological polar surface area (TPSA) is 38.7 Å². The lowest BCUT2D eigenvalue weighted by Crippen LogP contribution is -2.51. The first-order valence-electron chi connectivity index (χ1n) is 8.17. The van der Waals surface area contributed by atoms with Gasteiger partial charge in [0.15, 0.2) is 0 Å². The second-order valence-corrected chi connectivity index (χ2v) is 7.98. The number of methoxy groups -OCH3 is 2. The highest BCUT2D eigenvalue weighted by Crippen LogP contribution is 2.73. The summed E-state index contributed by atoms with van der Waals surface area (Å²) in [5, 5.41) is 12.0. The minimum atomic E-state index is -0.937. The zero-order valence-corrected chi connectivity index (χ0v) is 14.6. The number of fused-ring (bicyclic) bond motifs is 2. The Morgan fingerprint density at radius 1 is 1.09 bits per heavy atom. The minimum Gasteiger partial charge on any atom is -0.496 e. The third-order valence-corrected chi connectivity index (χ3v) is 6.58. The fraction of sp³-hybridized carbons (Fsp3) is 0.684. The molecule has 0 amide bonds. The third kappa shape index (κ3) is 1.66. The molecule has 2 fully saturated rings. The van der Waals surface area contributed by atoms with Crippen LogP contribution in [0.1, 0.15) is 51.2 Å². The number of aliphatic hydroxyl groups is 1. The van der Waals surface area contributed by atoms with E-state index in [4.69, 9.17) is 9.47 Å². The van der Waals surface area contributed by atoms with Crippen LogP contribution in [-0.4, -0.2) is 19.3 Å². The van der Waals surface area contributed by atoms with Crippen LogP contribution >= 0.6 is 0 Å². The van der Waals surface area contributed by atoms with Crippen LogP contribution in [0, 0.1) is 23.7 Å². The van der Waals surface area contributed by atoms with Gasteiger partial charge in [-0.05, 0) is 49.8 Å². The van der Waals surface area contributed by atoms with E-state index in [-0.39, 0.29) is 10.8 Å². The van der Waals surface area contributed by atoms with Crippen molar-refractivity contribution in [3.8, 4) is 11.5 Å². The Morgan fingerprint density at radius 3 is 2.05 bits per heavy atom. The maximum Gasteiger partial charge on any atom is 0.128 e. The molecule has 3 unspecified atom stereocenters. The lowest BCUT2D eigenvalue weighted by atomic mass is 9.57. The van der Waals surface area contributed by atoms with Crippen molar-refractivity contribution in [1.82, 2.24) is 0 Å². The summed E-state index contributed by atoms with van der Waals surface area (Å²) in [6.07, 6.45) is 3.32. The maximum absolute atomic E-state index is 12.0. The number of aryl methyl sites for hydroxylation is 1. The van der Waals surface area contributed by atoms with Crippen LogP contribution in [0.3, 0.4) is 0 Å². The monoisotopic (exact) mass is 304 g/mol. The average molecular weight is 304 g/mol. The molecule has 1 N–H and O–H groups in total. The lowest BCUT2D eigenvalue weighted by molar-refractivity contribution is -0.152. The Bertz CT molecular complexity index is 575. The van der Waals surface area contributed by atoms with Crippen LogP contribution in [0.2, 0.25) is 0 Å². The Morgan fingerprint density at radius 2 is 1.64 bits per heavy atom. The van der Waals surface area contributed by atoms with Gasteiger partial charge in [-0.2, -0.15) is 0 Å². The first-order valence-corrected chi connectivity index (χ1v) is 8.17. The van der Waals surface area contributed by atoms with Gasteiger partial charge in [0.2, 0.25) is 0 Å². The summed E-state index contributed by atoms with van der Waals surface area (Å²) in [7, 11) is 3.34. The average Bonchev–Trinajstić information content (AvgIpc) is 2.94. The van der Waals surface area contributed by atoms with Crippen LogP contribution in [0.15, 0.2) is 12.1 Å². The van der Waals surface area contributed by atoms with E-state index in [0.29, 0.717) is 5.92 Å². The molecule has 2 aliphatic rings. The summed E-state index contributed by atoms with van der Waals surface area (Å²) in [6.45, 7) is 8.63. The molecule has 0 aliphatic heterocycles. The molecule has 1 aromatic carbocycles. The van der Waals surface area contributed by atoms with Crippen molar-refractivity contribution in [2.45, 2.75) is 52.6 Å². The number of rotatable bonds is 3. The molecule has 3 heteroatoms. The molecule has 3 nitrogen and oxygen atoms in total. The summed E-state index contributed by atoms with van der Waals surface area (Å²) in [5.74, 6) is 2.01. The largest absolute Gasteiger partial charge is 0.496 e. The smallest absolute Gasteiger partial charge is 0.128 e. The van der Waals surface area contributed by atoms with Gasteiger partial charge in [-0.25, -0.2) is 0 Å². The van der Waals surface area contributed by atoms with Gasteiger partial charge in [0.1, 0.15) is 17.1 Å². The zero-order valence-electron chi connectivity index (χ0n) is 14.6. The van der Waals surface area contributed by atoms with Gasteiger partial charge in [0.05, 0.1) is 19.8 Å². The molecular formula is C19H28O3. The summed E-state index contributed by atoms with van der Waals surface area (Å²) in [6, 6.07) is 4.00. The molecule has 0 aromatic heterocycles. The third-order valence-electron chi connectivity index (χ3n) is 6.58. The Hall–Kier alpha value is -1.22. The molecule has 1 aromatic rings. The Kier molecular flexibility index (Phi) is 3.30. The van der Waals surface area contributed by atoms with Crippen LogP contribution in [-0.2, 0) is 5.60 Å². The lowest BCUT2D eigenvalue weighted by Gasteiger charge is -2.51. The summed E-state index contributed by atoms with van der Waals surface area (Å²) < 4.78 is 11.3. The zero-order chi connectivity index (χ0) is 16.3. The van der Waals surface area contributed by atoms with E-state index in [2.05, 4.69) is 20.8 Å². The van der Waals surface area contributed by atoms with Crippen molar-refractivity contribution in [3.63, 3.8) is 0 Å². The predicted octanol–water partition coefficient (Wildman–Crippen LogP) is 4.05. The maximum atomic E-state index is 12.0. The molecule has 0 saturated heterocycles. The van der Waals surface area contributed by atoms with Crippen LogP contribution in [0.25, 0.3) is 0 Å². The first-order chi connectivity index (χ1) is 10.2. The van der Waals surface area contributed by atoms with E-state index in [0.717, 1.165) is 35.5 Å². The molecule has 2 aliphatic carbocycles. The van der Waals surface area contributed by atoms with Crippen molar-refractivity contribution >= 4 is 0 Å². The molecule has 3 rings (SSSR count). The van der Waals surface area contributed by atoms with Crippen LogP contribution < -0.4 is 9.47 Å². The van der Waals surface area contributed by atoms with Gasteiger partial charge in [0, 0.05) is 10.8 Å². The molecule has 0 heterocycles. The van der Waals surface area contributed by atoms with E-state index < -0.39 is 5.60 Å². The van der Waals surface area contributed by atoms with E-state index in [1.54, 1.807) is 14.2 Å². The molecule has 0 spiro atoms. The fourth-order valence-electron chi connectivity index (χ4n) is 5.28. The van der Waals surface area contributed by atoms with Gasteiger partial charge in [-0.1, -0.05) is 20.8 Å². The molecule has 0 radical (unpaired) electrons. The van der Waals surface area contributed by atoms with Gasteiger partial charge < -0.3 is 14.6 Å². The van der Waals surface area contributed by atoms with Crippen LogP contribution in [0.5, 0.6) is 11.5 Å². The van der Waals surface area contributed by atoms with Crippen molar-refractivity contribution in [3.05, 3.63) is 23.3 Å².